The second-order valence-electron chi connectivity index (χ2n) is 10.2. The molecule has 1 fully saturated rings. The zero-order chi connectivity index (χ0) is 25.7. The molecule has 192 valence electrons. The van der Waals surface area contributed by atoms with Gasteiger partial charge in [-0.2, -0.15) is 5.10 Å². The van der Waals surface area contributed by atoms with Crippen molar-refractivity contribution >= 4 is 11.7 Å². The van der Waals surface area contributed by atoms with Crippen LogP contribution in [0.5, 0.6) is 0 Å². The molecule has 4 rings (SSSR count). The van der Waals surface area contributed by atoms with E-state index in [1.54, 1.807) is 0 Å². The zero-order valence-corrected chi connectivity index (χ0v) is 22.6. The molecular weight excluding hydrogens is 446 g/mol. The Bertz CT molecular complexity index is 1130. The van der Waals surface area contributed by atoms with Crippen molar-refractivity contribution in [2.75, 3.05) is 44.2 Å². The van der Waals surface area contributed by atoms with Crippen molar-refractivity contribution in [2.24, 2.45) is 5.92 Å². The summed E-state index contributed by atoms with van der Waals surface area (Å²) in [5.74, 6) is 1.57. The number of hydrogen-bond donors (Lipinski definition) is 0. The van der Waals surface area contributed by atoms with Crippen molar-refractivity contribution in [3.05, 3.63) is 77.0 Å². The number of benzene rings is 2. The quantitative estimate of drug-likeness (QED) is 0.417. The minimum atomic E-state index is 0.0833. The maximum Gasteiger partial charge on any atom is 0.254 e. The topological polar surface area (TPSA) is 44.6 Å². The van der Waals surface area contributed by atoms with Crippen molar-refractivity contribution in [1.82, 2.24) is 19.6 Å². The van der Waals surface area contributed by atoms with Crippen molar-refractivity contribution in [3.8, 4) is 5.69 Å². The maximum atomic E-state index is 13.7. The molecule has 2 heterocycles. The number of rotatable bonds is 9. The third-order valence-corrected chi connectivity index (χ3v) is 7.11. The molecular formula is C30H41N5O. The third kappa shape index (κ3) is 5.81. The average Bonchev–Trinajstić information content (AvgIpc) is 3.23. The van der Waals surface area contributed by atoms with Crippen molar-refractivity contribution in [3.63, 3.8) is 0 Å². The fourth-order valence-corrected chi connectivity index (χ4v) is 5.00. The molecule has 6 nitrogen and oxygen atoms in total. The highest BCUT2D eigenvalue weighted by atomic mass is 16.2. The second-order valence-corrected chi connectivity index (χ2v) is 10.2. The van der Waals surface area contributed by atoms with Gasteiger partial charge in [0.05, 0.1) is 17.9 Å². The number of hydrogen-bond acceptors (Lipinski definition) is 4. The Balaban J connectivity index is 1.72. The summed E-state index contributed by atoms with van der Waals surface area (Å²) in [6, 6.07) is 18.4. The first-order chi connectivity index (χ1) is 17.4. The number of aromatic nitrogens is 2. The van der Waals surface area contributed by atoms with Gasteiger partial charge in [-0.25, -0.2) is 4.68 Å². The Kier molecular flexibility index (Phi) is 8.47. The predicted octanol–water partition coefficient (Wildman–Crippen LogP) is 5.18. The van der Waals surface area contributed by atoms with Gasteiger partial charge < -0.3 is 14.7 Å². The highest BCUT2D eigenvalue weighted by Crippen LogP contribution is 2.30. The molecule has 1 saturated heterocycles. The number of piperazine rings is 1. The monoisotopic (exact) mass is 487 g/mol. The van der Waals surface area contributed by atoms with Crippen molar-refractivity contribution < 1.29 is 4.79 Å². The fraction of sp³-hybridized carbons (Fsp3) is 0.467. The molecule has 0 bridgehead atoms. The van der Waals surface area contributed by atoms with E-state index in [4.69, 9.17) is 5.10 Å². The Morgan fingerprint density at radius 1 is 0.972 bits per heavy atom. The van der Waals surface area contributed by atoms with E-state index in [1.165, 1.54) is 5.56 Å². The molecule has 1 aromatic heterocycles. The summed E-state index contributed by atoms with van der Waals surface area (Å²) in [6.07, 6.45) is 0.969. The van der Waals surface area contributed by atoms with E-state index in [1.807, 2.05) is 23.1 Å². The van der Waals surface area contributed by atoms with E-state index in [0.717, 1.165) is 67.5 Å². The summed E-state index contributed by atoms with van der Waals surface area (Å²) in [5, 5.41) is 5.01. The van der Waals surface area contributed by atoms with Gasteiger partial charge in [0.15, 0.2) is 0 Å². The van der Waals surface area contributed by atoms with Gasteiger partial charge in [-0.15, -0.1) is 0 Å². The number of nitrogens with zero attached hydrogens (tertiary/aromatic N) is 5. The number of carbonyl (C=O) groups is 1. The van der Waals surface area contributed by atoms with E-state index in [0.29, 0.717) is 19.0 Å². The van der Waals surface area contributed by atoms with Crippen molar-refractivity contribution in [1.29, 1.82) is 0 Å². The van der Waals surface area contributed by atoms with Crippen LogP contribution in [0.1, 0.15) is 54.9 Å². The second kappa shape index (κ2) is 11.7. The van der Waals surface area contributed by atoms with Gasteiger partial charge in [-0.1, -0.05) is 58.0 Å². The van der Waals surface area contributed by atoms with Crippen LogP contribution >= 0.6 is 0 Å². The molecule has 1 aliphatic rings. The van der Waals surface area contributed by atoms with Crippen LogP contribution in [0.2, 0.25) is 0 Å². The molecule has 2 aromatic carbocycles. The number of amides is 1. The van der Waals surface area contributed by atoms with Gasteiger partial charge in [-0.05, 0) is 55.6 Å². The van der Waals surface area contributed by atoms with Crippen molar-refractivity contribution in [2.45, 2.75) is 47.6 Å². The molecule has 0 N–H and O–H groups in total. The number of carbonyl (C=O) groups excluding carboxylic acids is 1. The molecule has 36 heavy (non-hydrogen) atoms. The van der Waals surface area contributed by atoms with E-state index < -0.39 is 0 Å². The van der Waals surface area contributed by atoms with E-state index in [-0.39, 0.29) is 5.91 Å². The lowest BCUT2D eigenvalue weighted by Gasteiger charge is -2.36. The Hall–Kier alpha value is -3.12. The van der Waals surface area contributed by atoms with Crippen LogP contribution in [0.4, 0.5) is 5.82 Å². The van der Waals surface area contributed by atoms with Crippen LogP contribution in [-0.4, -0.2) is 64.8 Å². The molecule has 3 aromatic rings. The standard InChI is InChI=1S/C30H41N5O/c1-6-25-13-15-26(16-14-25)30(36)34(21-23(3)4)22-28-24(5)31-35(27-11-9-8-10-12-27)29(28)33-19-17-32(7-2)18-20-33/h8-16,23H,6-7,17-22H2,1-5H3. The Labute approximate surface area is 216 Å². The van der Waals surface area contributed by atoms with Crippen LogP contribution < -0.4 is 4.90 Å². The van der Waals surface area contributed by atoms with E-state index in [2.05, 4.69) is 85.5 Å². The largest absolute Gasteiger partial charge is 0.354 e. The normalized spacial score (nSPS) is 14.4. The number of likely N-dealkylation sites (N-methyl/N-ethyl adjacent to an activating group) is 1. The summed E-state index contributed by atoms with van der Waals surface area (Å²) in [6.45, 7) is 17.1. The summed E-state index contributed by atoms with van der Waals surface area (Å²) in [5.41, 5.74) is 5.17. The van der Waals surface area contributed by atoms with Crippen LogP contribution in [0.3, 0.4) is 0 Å². The summed E-state index contributed by atoms with van der Waals surface area (Å²) in [4.78, 5) is 20.7. The molecule has 0 aliphatic carbocycles. The van der Waals surface area contributed by atoms with Crippen LogP contribution in [0.25, 0.3) is 5.69 Å². The molecule has 0 saturated carbocycles. The molecule has 0 radical (unpaired) electrons. The molecule has 0 unspecified atom stereocenters. The van der Waals surface area contributed by atoms with Gasteiger partial charge in [0, 0.05) is 43.9 Å². The highest BCUT2D eigenvalue weighted by Gasteiger charge is 2.28. The number of anilines is 1. The van der Waals surface area contributed by atoms with Crippen LogP contribution in [0.15, 0.2) is 54.6 Å². The highest BCUT2D eigenvalue weighted by molar-refractivity contribution is 5.94. The summed E-state index contributed by atoms with van der Waals surface area (Å²) in [7, 11) is 0. The number of para-hydroxylation sites is 1. The minimum Gasteiger partial charge on any atom is -0.354 e. The van der Waals surface area contributed by atoms with Crippen LogP contribution in [0, 0.1) is 12.8 Å². The SMILES string of the molecule is CCc1ccc(C(=O)N(Cc2c(C)nn(-c3ccccc3)c2N2CCN(CC)CC2)CC(C)C)cc1. The van der Waals surface area contributed by atoms with Gasteiger partial charge in [0.25, 0.3) is 5.91 Å². The summed E-state index contributed by atoms with van der Waals surface area (Å²) >= 11 is 0. The zero-order valence-electron chi connectivity index (χ0n) is 22.6. The Morgan fingerprint density at radius 2 is 1.64 bits per heavy atom. The first-order valence-electron chi connectivity index (χ1n) is 13.4. The smallest absolute Gasteiger partial charge is 0.254 e. The lowest BCUT2D eigenvalue weighted by atomic mass is 10.1. The first-order valence-corrected chi connectivity index (χ1v) is 13.4. The lowest BCUT2D eigenvalue weighted by molar-refractivity contribution is 0.0722. The van der Waals surface area contributed by atoms with Gasteiger partial charge in [-0.3, -0.25) is 4.79 Å². The summed E-state index contributed by atoms with van der Waals surface area (Å²) < 4.78 is 2.08. The van der Waals surface area contributed by atoms with E-state index in [9.17, 15) is 4.79 Å². The fourth-order valence-electron chi connectivity index (χ4n) is 5.00. The molecule has 0 spiro atoms. The average molecular weight is 488 g/mol. The molecule has 6 heteroatoms. The van der Waals surface area contributed by atoms with Crippen LogP contribution in [-0.2, 0) is 13.0 Å². The number of aryl methyl sites for hydroxylation is 2. The predicted molar refractivity (Wildman–Crippen MR) is 148 cm³/mol. The maximum absolute atomic E-state index is 13.7. The molecule has 0 atom stereocenters. The molecule has 1 aliphatic heterocycles. The minimum absolute atomic E-state index is 0.0833. The first kappa shape index (κ1) is 26.0. The van der Waals surface area contributed by atoms with Gasteiger partial charge in [0.2, 0.25) is 0 Å². The van der Waals surface area contributed by atoms with E-state index >= 15 is 0 Å². The van der Waals surface area contributed by atoms with Gasteiger partial charge in [0.1, 0.15) is 5.82 Å². The van der Waals surface area contributed by atoms with Gasteiger partial charge >= 0.3 is 0 Å². The Morgan fingerprint density at radius 3 is 2.22 bits per heavy atom. The molecule has 1 amide bonds. The third-order valence-electron chi connectivity index (χ3n) is 7.11. The lowest BCUT2D eigenvalue weighted by Crippen LogP contribution is -2.47.